The van der Waals surface area contributed by atoms with Crippen LogP contribution in [0.4, 0.5) is 5.69 Å². The first kappa shape index (κ1) is 13.5. The molecular formula is C14H13BrN2O2. The van der Waals surface area contributed by atoms with Crippen molar-refractivity contribution < 1.29 is 9.53 Å². The Balaban J connectivity index is 2.28. The van der Waals surface area contributed by atoms with Gasteiger partial charge in [0.25, 0.3) is 5.91 Å². The van der Waals surface area contributed by atoms with Crippen LogP contribution < -0.4 is 10.1 Å². The van der Waals surface area contributed by atoms with Gasteiger partial charge in [-0.2, -0.15) is 0 Å². The number of nitrogens with one attached hydrogen (secondary N) is 1. The lowest BCUT2D eigenvalue weighted by atomic mass is 10.1. The van der Waals surface area contributed by atoms with E-state index in [1.165, 1.54) is 7.11 Å². The van der Waals surface area contributed by atoms with Crippen molar-refractivity contribution in [1.82, 2.24) is 4.98 Å². The van der Waals surface area contributed by atoms with Gasteiger partial charge in [0.15, 0.2) is 0 Å². The highest BCUT2D eigenvalue weighted by Crippen LogP contribution is 2.23. The maximum absolute atomic E-state index is 12.2. The van der Waals surface area contributed by atoms with Crippen LogP contribution in [0.3, 0.4) is 0 Å². The fourth-order valence-electron chi connectivity index (χ4n) is 1.69. The van der Waals surface area contributed by atoms with Crippen LogP contribution in [0, 0.1) is 6.92 Å². The summed E-state index contributed by atoms with van der Waals surface area (Å²) >= 11 is 3.41. The Morgan fingerprint density at radius 1 is 1.32 bits per heavy atom. The van der Waals surface area contributed by atoms with Crippen LogP contribution >= 0.6 is 15.9 Å². The summed E-state index contributed by atoms with van der Waals surface area (Å²) < 4.78 is 6.00. The Bertz CT molecular complexity index is 614. The molecule has 19 heavy (non-hydrogen) atoms. The third-order valence-electron chi connectivity index (χ3n) is 2.73. The Kier molecular flexibility index (Phi) is 4.16. The third kappa shape index (κ3) is 2.93. The van der Waals surface area contributed by atoms with Crippen LogP contribution in [0.15, 0.2) is 41.0 Å². The number of amides is 1. The van der Waals surface area contributed by atoms with E-state index in [0.717, 1.165) is 10.0 Å². The normalized spacial score (nSPS) is 10.1. The summed E-state index contributed by atoms with van der Waals surface area (Å²) in [6, 6.07) is 8.99. The quantitative estimate of drug-likeness (QED) is 0.942. The van der Waals surface area contributed by atoms with Crippen molar-refractivity contribution in [3.63, 3.8) is 0 Å². The predicted molar refractivity (Wildman–Crippen MR) is 77.6 cm³/mol. The standard InChI is InChI=1S/C14H13BrN2O2/c1-9-10(5-3-6-11(9)15)13(18)17-12-7-4-8-16-14(12)19-2/h3-8H,1-2H3,(H,17,18). The lowest BCUT2D eigenvalue weighted by Crippen LogP contribution is -2.14. The molecule has 0 unspecified atom stereocenters. The first-order chi connectivity index (χ1) is 9.13. The molecule has 98 valence electrons. The number of pyridine rings is 1. The number of hydrogen-bond acceptors (Lipinski definition) is 3. The zero-order valence-corrected chi connectivity index (χ0v) is 12.2. The van der Waals surface area contributed by atoms with E-state index < -0.39 is 0 Å². The topological polar surface area (TPSA) is 51.2 Å². The summed E-state index contributed by atoms with van der Waals surface area (Å²) in [5, 5.41) is 2.80. The first-order valence-corrected chi connectivity index (χ1v) is 6.48. The van der Waals surface area contributed by atoms with Gasteiger partial charge in [-0.25, -0.2) is 4.98 Å². The van der Waals surface area contributed by atoms with E-state index >= 15 is 0 Å². The SMILES string of the molecule is COc1ncccc1NC(=O)c1cccc(Br)c1C. The summed E-state index contributed by atoms with van der Waals surface area (Å²) in [4.78, 5) is 16.3. The van der Waals surface area contributed by atoms with Crippen LogP contribution in [0.1, 0.15) is 15.9 Å². The maximum Gasteiger partial charge on any atom is 0.256 e. The fraction of sp³-hybridized carbons (Fsp3) is 0.143. The van der Waals surface area contributed by atoms with E-state index in [1.807, 2.05) is 19.1 Å². The number of carbonyl (C=O) groups is 1. The molecule has 1 heterocycles. The molecule has 1 amide bonds. The number of hydrogen-bond donors (Lipinski definition) is 1. The van der Waals surface area contributed by atoms with Gasteiger partial charge in [-0.15, -0.1) is 0 Å². The molecule has 4 nitrogen and oxygen atoms in total. The van der Waals surface area contributed by atoms with Gasteiger partial charge in [0.2, 0.25) is 5.88 Å². The molecule has 0 fully saturated rings. The lowest BCUT2D eigenvalue weighted by molar-refractivity contribution is 0.102. The van der Waals surface area contributed by atoms with Gasteiger partial charge in [0.1, 0.15) is 5.69 Å². The molecule has 2 aromatic rings. The molecule has 0 aliphatic rings. The molecule has 1 aromatic heterocycles. The number of rotatable bonds is 3. The molecule has 0 bridgehead atoms. The van der Waals surface area contributed by atoms with E-state index in [9.17, 15) is 4.79 Å². The molecule has 0 aliphatic carbocycles. The number of ether oxygens (including phenoxy) is 1. The largest absolute Gasteiger partial charge is 0.480 e. The predicted octanol–water partition coefficient (Wildman–Crippen LogP) is 3.41. The number of anilines is 1. The molecule has 5 heteroatoms. The smallest absolute Gasteiger partial charge is 0.256 e. The highest BCUT2D eigenvalue weighted by Gasteiger charge is 2.13. The van der Waals surface area contributed by atoms with Gasteiger partial charge in [-0.05, 0) is 36.8 Å². The Morgan fingerprint density at radius 2 is 2.11 bits per heavy atom. The Hall–Kier alpha value is -1.88. The molecule has 0 atom stereocenters. The van der Waals surface area contributed by atoms with E-state index in [2.05, 4.69) is 26.2 Å². The average Bonchev–Trinajstić information content (AvgIpc) is 2.42. The number of nitrogens with zero attached hydrogens (tertiary/aromatic N) is 1. The number of aromatic nitrogens is 1. The van der Waals surface area contributed by atoms with Crippen molar-refractivity contribution in [1.29, 1.82) is 0 Å². The van der Waals surface area contributed by atoms with Gasteiger partial charge in [0, 0.05) is 16.2 Å². The van der Waals surface area contributed by atoms with Crippen LogP contribution in [0.25, 0.3) is 0 Å². The second-order valence-electron chi connectivity index (χ2n) is 3.93. The minimum atomic E-state index is -0.190. The molecule has 0 saturated carbocycles. The fourth-order valence-corrected chi connectivity index (χ4v) is 2.06. The van der Waals surface area contributed by atoms with Gasteiger partial charge in [-0.3, -0.25) is 4.79 Å². The zero-order valence-electron chi connectivity index (χ0n) is 10.6. The third-order valence-corrected chi connectivity index (χ3v) is 3.58. The van der Waals surface area contributed by atoms with Crippen molar-refractivity contribution >= 4 is 27.5 Å². The van der Waals surface area contributed by atoms with E-state index in [4.69, 9.17) is 4.74 Å². The van der Waals surface area contributed by atoms with Crippen LogP contribution in [0.5, 0.6) is 5.88 Å². The van der Waals surface area contributed by atoms with Crippen molar-refractivity contribution in [3.8, 4) is 5.88 Å². The number of carbonyl (C=O) groups excluding carboxylic acids is 1. The van der Waals surface area contributed by atoms with Gasteiger partial charge in [0.05, 0.1) is 7.11 Å². The summed E-state index contributed by atoms with van der Waals surface area (Å²) in [6.07, 6.45) is 1.61. The minimum absolute atomic E-state index is 0.190. The maximum atomic E-state index is 12.2. The van der Waals surface area contributed by atoms with Crippen molar-refractivity contribution in [2.45, 2.75) is 6.92 Å². The Labute approximate surface area is 119 Å². The van der Waals surface area contributed by atoms with Crippen LogP contribution in [0.2, 0.25) is 0 Å². The molecular weight excluding hydrogens is 308 g/mol. The van der Waals surface area contributed by atoms with Gasteiger partial charge >= 0.3 is 0 Å². The zero-order chi connectivity index (χ0) is 13.8. The molecule has 0 radical (unpaired) electrons. The Morgan fingerprint density at radius 3 is 2.84 bits per heavy atom. The van der Waals surface area contributed by atoms with E-state index in [1.54, 1.807) is 24.4 Å². The van der Waals surface area contributed by atoms with Crippen LogP contribution in [-0.4, -0.2) is 18.0 Å². The summed E-state index contributed by atoms with van der Waals surface area (Å²) in [5.74, 6) is 0.202. The van der Waals surface area contributed by atoms with E-state index in [0.29, 0.717) is 17.1 Å². The van der Waals surface area contributed by atoms with Crippen molar-refractivity contribution in [2.24, 2.45) is 0 Å². The molecule has 0 aliphatic heterocycles. The first-order valence-electron chi connectivity index (χ1n) is 5.69. The van der Waals surface area contributed by atoms with Crippen LogP contribution in [-0.2, 0) is 0 Å². The minimum Gasteiger partial charge on any atom is -0.480 e. The molecule has 1 aromatic carbocycles. The summed E-state index contributed by atoms with van der Waals surface area (Å²) in [6.45, 7) is 1.89. The molecule has 1 N–H and O–H groups in total. The second-order valence-corrected chi connectivity index (χ2v) is 4.78. The number of methoxy groups -OCH3 is 1. The van der Waals surface area contributed by atoms with E-state index in [-0.39, 0.29) is 5.91 Å². The molecule has 0 spiro atoms. The average molecular weight is 321 g/mol. The number of halogens is 1. The molecule has 0 saturated heterocycles. The lowest BCUT2D eigenvalue weighted by Gasteiger charge is -2.10. The second kappa shape index (κ2) is 5.84. The highest BCUT2D eigenvalue weighted by atomic mass is 79.9. The number of benzene rings is 1. The summed E-state index contributed by atoms with van der Waals surface area (Å²) in [7, 11) is 1.52. The van der Waals surface area contributed by atoms with Gasteiger partial charge < -0.3 is 10.1 Å². The van der Waals surface area contributed by atoms with Gasteiger partial charge in [-0.1, -0.05) is 22.0 Å². The highest BCUT2D eigenvalue weighted by molar-refractivity contribution is 9.10. The monoisotopic (exact) mass is 320 g/mol. The summed E-state index contributed by atoms with van der Waals surface area (Å²) in [5.41, 5.74) is 2.05. The van der Waals surface area contributed by atoms with Crippen molar-refractivity contribution in [2.75, 3.05) is 12.4 Å². The van der Waals surface area contributed by atoms with Crippen molar-refractivity contribution in [3.05, 3.63) is 52.1 Å². The molecule has 2 rings (SSSR count).